The van der Waals surface area contributed by atoms with Crippen LogP contribution in [0.25, 0.3) is 0 Å². The van der Waals surface area contributed by atoms with Gasteiger partial charge in [-0.05, 0) is 46.9 Å². The zero-order valence-electron chi connectivity index (χ0n) is 10.3. The normalized spacial score (nSPS) is 10.2. The molecule has 0 fully saturated rings. The number of rotatable bonds is 3. The minimum Gasteiger partial charge on any atom is -0.319 e. The molecule has 0 bridgehead atoms. The summed E-state index contributed by atoms with van der Waals surface area (Å²) in [5, 5.41) is 13.0. The summed E-state index contributed by atoms with van der Waals surface area (Å²) in [5.41, 5.74) is -0.184. The van der Waals surface area contributed by atoms with Crippen LogP contribution in [0.3, 0.4) is 0 Å². The van der Waals surface area contributed by atoms with Crippen LogP contribution in [0.2, 0.25) is 0 Å². The maximum Gasteiger partial charge on any atom is 0.271 e. The van der Waals surface area contributed by atoms with Crippen LogP contribution < -0.4 is 5.32 Å². The second kappa shape index (κ2) is 6.48. The van der Waals surface area contributed by atoms with Crippen LogP contribution in [0.1, 0.15) is 10.4 Å². The van der Waals surface area contributed by atoms with Crippen LogP contribution in [0.4, 0.5) is 15.8 Å². The Morgan fingerprint density at radius 3 is 2.67 bits per heavy atom. The van der Waals surface area contributed by atoms with Crippen molar-refractivity contribution in [2.24, 2.45) is 0 Å². The molecule has 21 heavy (non-hydrogen) atoms. The third-order valence-electron chi connectivity index (χ3n) is 2.58. The summed E-state index contributed by atoms with van der Waals surface area (Å²) in [4.78, 5) is 22.2. The van der Waals surface area contributed by atoms with Gasteiger partial charge in [0.15, 0.2) is 0 Å². The number of hydrogen-bond donors (Lipinski definition) is 1. The number of carbonyl (C=O) groups excluding carboxylic acids is 1. The van der Waals surface area contributed by atoms with Crippen molar-refractivity contribution in [1.82, 2.24) is 0 Å². The number of nitrogens with one attached hydrogen (secondary N) is 1. The summed E-state index contributed by atoms with van der Waals surface area (Å²) in [6.45, 7) is 0. The number of halogens is 3. The van der Waals surface area contributed by atoms with E-state index in [1.54, 1.807) is 18.2 Å². The van der Waals surface area contributed by atoms with Gasteiger partial charge in [0.2, 0.25) is 0 Å². The van der Waals surface area contributed by atoms with Crippen LogP contribution in [-0.4, -0.2) is 10.8 Å². The average Bonchev–Trinajstić information content (AvgIpc) is 2.43. The fourth-order valence-corrected chi connectivity index (χ4v) is 2.53. The Morgan fingerprint density at radius 2 is 2.00 bits per heavy atom. The van der Waals surface area contributed by atoms with E-state index in [0.29, 0.717) is 13.6 Å². The van der Waals surface area contributed by atoms with Crippen LogP contribution in [0.5, 0.6) is 0 Å². The van der Waals surface area contributed by atoms with Crippen LogP contribution in [0, 0.1) is 19.5 Å². The molecule has 0 saturated heterocycles. The fourth-order valence-electron chi connectivity index (χ4n) is 1.58. The van der Waals surface area contributed by atoms with Gasteiger partial charge in [0.1, 0.15) is 5.82 Å². The number of amides is 1. The molecular weight excluding hydrogens is 458 g/mol. The summed E-state index contributed by atoms with van der Waals surface area (Å²) in [5.74, 6) is -1.28. The first-order valence-corrected chi connectivity index (χ1v) is 7.46. The Kier molecular flexibility index (Phi) is 4.88. The molecule has 0 aliphatic rings. The van der Waals surface area contributed by atoms with Gasteiger partial charge in [0.25, 0.3) is 11.6 Å². The lowest BCUT2D eigenvalue weighted by molar-refractivity contribution is -0.384. The zero-order valence-corrected chi connectivity index (χ0v) is 14.0. The van der Waals surface area contributed by atoms with Crippen molar-refractivity contribution in [2.75, 3.05) is 5.32 Å². The lowest BCUT2D eigenvalue weighted by atomic mass is 10.2. The van der Waals surface area contributed by atoms with Crippen molar-refractivity contribution in [3.05, 3.63) is 65.9 Å². The molecule has 0 aliphatic heterocycles. The van der Waals surface area contributed by atoms with Crippen molar-refractivity contribution in [2.45, 2.75) is 0 Å². The van der Waals surface area contributed by atoms with Gasteiger partial charge in [-0.2, -0.15) is 0 Å². The monoisotopic (exact) mass is 464 g/mol. The molecule has 0 heterocycles. The quantitative estimate of drug-likeness (QED) is 0.417. The molecule has 0 atom stereocenters. The van der Waals surface area contributed by atoms with E-state index in [1.807, 2.05) is 22.6 Å². The van der Waals surface area contributed by atoms with Crippen LogP contribution in [0.15, 0.2) is 40.9 Å². The summed E-state index contributed by atoms with van der Waals surface area (Å²) in [7, 11) is 0. The van der Waals surface area contributed by atoms with E-state index in [0.717, 1.165) is 18.2 Å². The smallest absolute Gasteiger partial charge is 0.271 e. The van der Waals surface area contributed by atoms with Gasteiger partial charge < -0.3 is 5.32 Å². The van der Waals surface area contributed by atoms with Crippen LogP contribution in [-0.2, 0) is 0 Å². The second-order valence-electron chi connectivity index (χ2n) is 4.00. The highest BCUT2D eigenvalue weighted by molar-refractivity contribution is 14.1. The minimum atomic E-state index is -0.737. The number of nitrogens with zero attached hydrogens (tertiary/aromatic N) is 1. The van der Waals surface area contributed by atoms with Gasteiger partial charge in [0, 0.05) is 20.2 Å². The third kappa shape index (κ3) is 3.76. The number of benzene rings is 2. The highest BCUT2D eigenvalue weighted by Gasteiger charge is 2.16. The lowest BCUT2D eigenvalue weighted by Crippen LogP contribution is -2.14. The SMILES string of the molecule is O=C(Nc1cc([N+](=O)[O-])ccc1F)c1cc(Br)ccc1I. The first-order chi connectivity index (χ1) is 9.88. The standard InChI is InChI=1S/C13H7BrFIN2O3/c14-7-1-4-11(16)9(5-7)13(19)17-12-6-8(18(20)21)2-3-10(12)15/h1-6H,(H,17,19). The van der Waals surface area contributed by atoms with Crippen molar-refractivity contribution in [1.29, 1.82) is 0 Å². The number of carbonyl (C=O) groups is 1. The molecule has 0 aliphatic carbocycles. The Hall–Kier alpha value is -1.55. The molecule has 0 unspecified atom stereocenters. The Balaban J connectivity index is 2.33. The van der Waals surface area contributed by atoms with Gasteiger partial charge >= 0.3 is 0 Å². The van der Waals surface area contributed by atoms with Crippen molar-refractivity contribution in [3.63, 3.8) is 0 Å². The molecule has 2 aromatic rings. The van der Waals surface area contributed by atoms with E-state index in [9.17, 15) is 19.3 Å². The molecular formula is C13H7BrFIN2O3. The number of nitro benzene ring substituents is 1. The van der Waals surface area contributed by atoms with E-state index in [2.05, 4.69) is 21.2 Å². The van der Waals surface area contributed by atoms with E-state index < -0.39 is 16.6 Å². The largest absolute Gasteiger partial charge is 0.319 e. The van der Waals surface area contributed by atoms with E-state index in [1.165, 1.54) is 0 Å². The topological polar surface area (TPSA) is 72.2 Å². The van der Waals surface area contributed by atoms with Crippen molar-refractivity contribution < 1.29 is 14.1 Å². The molecule has 1 N–H and O–H groups in total. The molecule has 1 amide bonds. The van der Waals surface area contributed by atoms with Gasteiger partial charge in [-0.15, -0.1) is 0 Å². The molecule has 0 saturated carbocycles. The molecule has 0 radical (unpaired) electrons. The predicted octanol–water partition coefficient (Wildman–Crippen LogP) is 4.35. The van der Waals surface area contributed by atoms with Crippen molar-refractivity contribution >= 4 is 55.8 Å². The van der Waals surface area contributed by atoms with E-state index in [4.69, 9.17) is 0 Å². The highest BCUT2D eigenvalue weighted by atomic mass is 127. The minimum absolute atomic E-state index is 0.232. The molecule has 0 spiro atoms. The number of hydrogen-bond acceptors (Lipinski definition) is 3. The first-order valence-electron chi connectivity index (χ1n) is 5.59. The summed E-state index contributed by atoms with van der Waals surface area (Å²) >= 11 is 5.23. The van der Waals surface area contributed by atoms with Crippen LogP contribution >= 0.6 is 38.5 Å². The van der Waals surface area contributed by atoms with Gasteiger partial charge in [-0.25, -0.2) is 4.39 Å². The summed E-state index contributed by atoms with van der Waals surface area (Å²) in [6, 6.07) is 8.05. The van der Waals surface area contributed by atoms with Crippen molar-refractivity contribution in [3.8, 4) is 0 Å². The van der Waals surface area contributed by atoms with Gasteiger partial charge in [0.05, 0.1) is 16.2 Å². The Bertz CT molecular complexity index is 739. The highest BCUT2D eigenvalue weighted by Crippen LogP contribution is 2.24. The second-order valence-corrected chi connectivity index (χ2v) is 6.08. The fraction of sp³-hybridized carbons (Fsp3) is 0. The lowest BCUT2D eigenvalue weighted by Gasteiger charge is -2.08. The maximum absolute atomic E-state index is 13.6. The number of non-ortho nitro benzene ring substituents is 1. The zero-order chi connectivity index (χ0) is 15.6. The van der Waals surface area contributed by atoms with Gasteiger partial charge in [-0.3, -0.25) is 14.9 Å². The first kappa shape index (κ1) is 15.8. The van der Waals surface area contributed by atoms with E-state index >= 15 is 0 Å². The number of nitro groups is 1. The molecule has 2 rings (SSSR count). The van der Waals surface area contributed by atoms with Gasteiger partial charge in [-0.1, -0.05) is 15.9 Å². The summed E-state index contributed by atoms with van der Waals surface area (Å²) in [6.07, 6.45) is 0. The molecule has 8 heteroatoms. The summed E-state index contributed by atoms with van der Waals surface area (Å²) < 4.78 is 15.0. The maximum atomic E-state index is 13.6. The molecule has 5 nitrogen and oxygen atoms in total. The molecule has 2 aromatic carbocycles. The Labute approximate surface area is 141 Å². The third-order valence-corrected chi connectivity index (χ3v) is 4.02. The van der Waals surface area contributed by atoms with E-state index in [-0.39, 0.29) is 11.4 Å². The number of anilines is 1. The molecule has 0 aromatic heterocycles. The average molecular weight is 465 g/mol. The Morgan fingerprint density at radius 1 is 1.29 bits per heavy atom. The molecule has 108 valence electrons. The predicted molar refractivity (Wildman–Crippen MR) is 87.9 cm³/mol.